The minimum absolute atomic E-state index is 0.793. The first-order valence-corrected chi connectivity index (χ1v) is 4.82. The van der Waals surface area contributed by atoms with Gasteiger partial charge in [0.25, 0.3) is 0 Å². The lowest BCUT2D eigenvalue weighted by molar-refractivity contribution is 0.134. The molecule has 2 heteroatoms. The summed E-state index contributed by atoms with van der Waals surface area (Å²) in [4.78, 5) is 2.46. The maximum absolute atomic E-state index is 3.54. The molecule has 0 atom stereocenters. The fourth-order valence-electron chi connectivity index (χ4n) is 1.44. The third kappa shape index (κ3) is 2.80. The molecule has 0 bridgehead atoms. The number of likely N-dealkylation sites (N-methyl/N-ethyl adjacent to an activating group) is 1. The van der Waals surface area contributed by atoms with E-state index in [1.165, 1.54) is 39.0 Å². The van der Waals surface area contributed by atoms with Crippen LogP contribution in [0.4, 0.5) is 0 Å². The summed E-state index contributed by atoms with van der Waals surface area (Å²) in [5.74, 6) is 0. The molecule has 1 rings (SSSR count). The Balaban J connectivity index is 1.88. The summed E-state index contributed by atoms with van der Waals surface area (Å²) in [7, 11) is 0. The Bertz CT molecular complexity index is 97.7. The Morgan fingerprint density at radius 3 is 2.64 bits per heavy atom. The molecule has 1 fully saturated rings. The standard InChI is InChI=1S/C9H20N2/c1-3-5-6-10-9-7-11(4-2)8-9/h9-10H,3-8H2,1-2H3. The normalized spacial score (nSPS) is 20.2. The van der Waals surface area contributed by atoms with Gasteiger partial charge in [-0.05, 0) is 19.5 Å². The van der Waals surface area contributed by atoms with Crippen molar-refractivity contribution in [1.29, 1.82) is 0 Å². The third-order valence-corrected chi connectivity index (χ3v) is 2.37. The molecule has 0 aromatic rings. The number of unbranched alkanes of at least 4 members (excludes halogenated alkanes) is 1. The van der Waals surface area contributed by atoms with Gasteiger partial charge in [0.1, 0.15) is 0 Å². The van der Waals surface area contributed by atoms with Crippen LogP contribution in [0.1, 0.15) is 26.7 Å². The van der Waals surface area contributed by atoms with Gasteiger partial charge in [-0.15, -0.1) is 0 Å². The van der Waals surface area contributed by atoms with E-state index in [9.17, 15) is 0 Å². The van der Waals surface area contributed by atoms with Crippen molar-refractivity contribution >= 4 is 0 Å². The van der Waals surface area contributed by atoms with Gasteiger partial charge in [-0.25, -0.2) is 0 Å². The summed E-state index contributed by atoms with van der Waals surface area (Å²) in [5, 5.41) is 3.54. The van der Waals surface area contributed by atoms with Gasteiger partial charge < -0.3 is 10.2 Å². The van der Waals surface area contributed by atoms with Crippen molar-refractivity contribution in [2.75, 3.05) is 26.2 Å². The molecule has 66 valence electrons. The smallest absolute Gasteiger partial charge is 0.0322 e. The molecule has 0 aromatic heterocycles. The second-order valence-electron chi connectivity index (χ2n) is 3.36. The van der Waals surface area contributed by atoms with Gasteiger partial charge in [0.2, 0.25) is 0 Å². The minimum atomic E-state index is 0.793. The zero-order valence-electron chi connectivity index (χ0n) is 7.77. The zero-order chi connectivity index (χ0) is 8.10. The van der Waals surface area contributed by atoms with Gasteiger partial charge in [0, 0.05) is 19.1 Å². The number of rotatable bonds is 5. The van der Waals surface area contributed by atoms with Gasteiger partial charge in [-0.2, -0.15) is 0 Å². The van der Waals surface area contributed by atoms with Crippen molar-refractivity contribution in [3.63, 3.8) is 0 Å². The van der Waals surface area contributed by atoms with E-state index >= 15 is 0 Å². The third-order valence-electron chi connectivity index (χ3n) is 2.37. The molecule has 1 aliphatic rings. The highest BCUT2D eigenvalue weighted by molar-refractivity contribution is 4.84. The second-order valence-corrected chi connectivity index (χ2v) is 3.36. The van der Waals surface area contributed by atoms with Crippen LogP contribution in [0.3, 0.4) is 0 Å². The summed E-state index contributed by atoms with van der Waals surface area (Å²) in [5.41, 5.74) is 0. The topological polar surface area (TPSA) is 15.3 Å². The molecule has 0 spiro atoms. The number of hydrogen-bond donors (Lipinski definition) is 1. The van der Waals surface area contributed by atoms with Crippen molar-refractivity contribution in [2.45, 2.75) is 32.7 Å². The number of nitrogens with one attached hydrogen (secondary N) is 1. The highest BCUT2D eigenvalue weighted by atomic mass is 15.2. The van der Waals surface area contributed by atoms with Crippen LogP contribution in [0, 0.1) is 0 Å². The first kappa shape index (κ1) is 9.01. The minimum Gasteiger partial charge on any atom is -0.311 e. The van der Waals surface area contributed by atoms with Gasteiger partial charge in [-0.1, -0.05) is 20.3 Å². The number of hydrogen-bond acceptors (Lipinski definition) is 2. The molecular formula is C9H20N2. The van der Waals surface area contributed by atoms with E-state index in [-0.39, 0.29) is 0 Å². The molecule has 2 nitrogen and oxygen atoms in total. The van der Waals surface area contributed by atoms with E-state index in [1.807, 2.05) is 0 Å². The maximum atomic E-state index is 3.54. The molecule has 1 saturated heterocycles. The predicted octanol–water partition coefficient (Wildman–Crippen LogP) is 1.08. The average molecular weight is 156 g/mol. The molecule has 0 radical (unpaired) electrons. The van der Waals surface area contributed by atoms with Gasteiger partial charge in [0.15, 0.2) is 0 Å². The SMILES string of the molecule is CCCCNC1CN(CC)C1. The lowest BCUT2D eigenvalue weighted by atomic mass is 10.1. The monoisotopic (exact) mass is 156 g/mol. The molecule has 0 unspecified atom stereocenters. The van der Waals surface area contributed by atoms with Gasteiger partial charge in [0.05, 0.1) is 0 Å². The molecule has 11 heavy (non-hydrogen) atoms. The second kappa shape index (κ2) is 4.73. The van der Waals surface area contributed by atoms with Crippen LogP contribution in [0.5, 0.6) is 0 Å². The van der Waals surface area contributed by atoms with Crippen molar-refractivity contribution < 1.29 is 0 Å². The van der Waals surface area contributed by atoms with Crippen LogP contribution >= 0.6 is 0 Å². The molecule has 1 aliphatic heterocycles. The summed E-state index contributed by atoms with van der Waals surface area (Å²) in [6.45, 7) is 9.41. The summed E-state index contributed by atoms with van der Waals surface area (Å²) in [6, 6.07) is 0.793. The van der Waals surface area contributed by atoms with Crippen LogP contribution in [0.25, 0.3) is 0 Å². The predicted molar refractivity (Wildman–Crippen MR) is 48.8 cm³/mol. The molecule has 0 saturated carbocycles. The zero-order valence-corrected chi connectivity index (χ0v) is 7.77. The molecule has 0 aliphatic carbocycles. The van der Waals surface area contributed by atoms with Crippen LogP contribution < -0.4 is 5.32 Å². The van der Waals surface area contributed by atoms with E-state index in [1.54, 1.807) is 0 Å². The molecule has 1 N–H and O–H groups in total. The quantitative estimate of drug-likeness (QED) is 0.599. The van der Waals surface area contributed by atoms with Gasteiger partial charge in [-0.3, -0.25) is 0 Å². The van der Waals surface area contributed by atoms with E-state index in [0.717, 1.165) is 6.04 Å². The Morgan fingerprint density at radius 2 is 2.09 bits per heavy atom. The molecular weight excluding hydrogens is 136 g/mol. The van der Waals surface area contributed by atoms with Crippen molar-refractivity contribution in [2.24, 2.45) is 0 Å². The van der Waals surface area contributed by atoms with Crippen molar-refractivity contribution in [3.05, 3.63) is 0 Å². The first-order chi connectivity index (χ1) is 5.36. The average Bonchev–Trinajstić information content (AvgIpc) is 1.94. The van der Waals surface area contributed by atoms with E-state index in [4.69, 9.17) is 0 Å². The van der Waals surface area contributed by atoms with Gasteiger partial charge >= 0.3 is 0 Å². The lowest BCUT2D eigenvalue weighted by Crippen LogP contribution is -2.57. The molecule has 0 aromatic carbocycles. The largest absolute Gasteiger partial charge is 0.311 e. The number of nitrogens with zero attached hydrogens (tertiary/aromatic N) is 1. The summed E-state index contributed by atoms with van der Waals surface area (Å²) in [6.07, 6.45) is 2.62. The van der Waals surface area contributed by atoms with Crippen molar-refractivity contribution in [3.8, 4) is 0 Å². The lowest BCUT2D eigenvalue weighted by Gasteiger charge is -2.39. The molecule has 0 amide bonds. The Hall–Kier alpha value is -0.0800. The van der Waals surface area contributed by atoms with Crippen LogP contribution in [0.2, 0.25) is 0 Å². The van der Waals surface area contributed by atoms with Crippen molar-refractivity contribution in [1.82, 2.24) is 10.2 Å². The Kier molecular flexibility index (Phi) is 3.87. The highest BCUT2D eigenvalue weighted by Gasteiger charge is 2.23. The highest BCUT2D eigenvalue weighted by Crippen LogP contribution is 2.05. The van der Waals surface area contributed by atoms with E-state index in [0.29, 0.717) is 0 Å². The Labute approximate surface area is 70.0 Å². The first-order valence-electron chi connectivity index (χ1n) is 4.82. The summed E-state index contributed by atoms with van der Waals surface area (Å²) < 4.78 is 0. The van der Waals surface area contributed by atoms with Crippen LogP contribution in [0.15, 0.2) is 0 Å². The van der Waals surface area contributed by atoms with E-state index in [2.05, 4.69) is 24.1 Å². The fourth-order valence-corrected chi connectivity index (χ4v) is 1.44. The number of likely N-dealkylation sites (tertiary alicyclic amines) is 1. The Morgan fingerprint density at radius 1 is 1.36 bits per heavy atom. The van der Waals surface area contributed by atoms with Crippen LogP contribution in [-0.2, 0) is 0 Å². The summed E-state index contributed by atoms with van der Waals surface area (Å²) >= 11 is 0. The fraction of sp³-hybridized carbons (Fsp3) is 1.00. The maximum Gasteiger partial charge on any atom is 0.0322 e. The van der Waals surface area contributed by atoms with Crippen LogP contribution in [-0.4, -0.2) is 37.1 Å². The van der Waals surface area contributed by atoms with E-state index < -0.39 is 0 Å². The molecule has 1 heterocycles.